The molecule has 0 atom stereocenters. The van der Waals surface area contributed by atoms with E-state index in [1.807, 2.05) is 13.8 Å². The van der Waals surface area contributed by atoms with Crippen molar-refractivity contribution in [2.45, 2.75) is 46.7 Å². The highest BCUT2D eigenvalue weighted by molar-refractivity contribution is 7.97. The average molecular weight is 474 g/mol. The topological polar surface area (TPSA) is 113 Å². The zero-order valence-corrected chi connectivity index (χ0v) is 20.3. The minimum absolute atomic E-state index is 0.00740. The van der Waals surface area contributed by atoms with Crippen LogP contribution in [-0.2, 0) is 13.0 Å². The van der Waals surface area contributed by atoms with E-state index in [-0.39, 0.29) is 23.3 Å². The molecule has 2 aromatic rings. The van der Waals surface area contributed by atoms with Crippen LogP contribution in [0.3, 0.4) is 0 Å². The molecule has 1 amide bonds. The molecule has 2 heterocycles. The Kier molecular flexibility index (Phi) is 8.28. The van der Waals surface area contributed by atoms with Crippen LogP contribution in [0.25, 0.3) is 0 Å². The Morgan fingerprint density at radius 3 is 2.73 bits per heavy atom. The summed E-state index contributed by atoms with van der Waals surface area (Å²) in [5.74, 6) is 12.6. The second-order valence-corrected chi connectivity index (χ2v) is 9.83. The second kappa shape index (κ2) is 11.0. The fourth-order valence-electron chi connectivity index (χ4n) is 3.41. The van der Waals surface area contributed by atoms with Crippen LogP contribution in [0.1, 0.15) is 54.9 Å². The van der Waals surface area contributed by atoms with Crippen LogP contribution < -0.4 is 17.0 Å². The highest BCUT2D eigenvalue weighted by Gasteiger charge is 2.22. The Hall–Kier alpha value is -2.69. The molecule has 1 aliphatic heterocycles. The molecular weight excluding hydrogens is 441 g/mol. The number of halogens is 1. The number of rotatable bonds is 7. The van der Waals surface area contributed by atoms with Gasteiger partial charge in [0.2, 0.25) is 0 Å². The molecule has 5 N–H and O–H groups in total. The van der Waals surface area contributed by atoms with Gasteiger partial charge in [-0.15, -0.1) is 0 Å². The maximum atomic E-state index is 14.8. The summed E-state index contributed by atoms with van der Waals surface area (Å²) in [5, 5.41) is 7.80. The summed E-state index contributed by atoms with van der Waals surface area (Å²) in [6, 6.07) is 8.07. The lowest BCUT2D eigenvalue weighted by molar-refractivity contribution is 0.102. The molecule has 1 aromatic heterocycles. The van der Waals surface area contributed by atoms with E-state index in [1.54, 1.807) is 36.2 Å². The number of aromatic nitrogens is 1. The number of carbonyl (C=O) groups is 1. The smallest absolute Gasteiger partial charge is 0.259 e. The van der Waals surface area contributed by atoms with E-state index in [4.69, 9.17) is 11.7 Å². The summed E-state index contributed by atoms with van der Waals surface area (Å²) in [6.45, 7) is 9.69. The molecule has 1 aromatic carbocycles. The highest BCUT2D eigenvalue weighted by atomic mass is 32.2. The molecule has 10 heteroatoms. The van der Waals surface area contributed by atoms with Gasteiger partial charge in [0.05, 0.1) is 5.56 Å². The van der Waals surface area contributed by atoms with Gasteiger partial charge in [0, 0.05) is 24.9 Å². The van der Waals surface area contributed by atoms with Crippen molar-refractivity contribution >= 4 is 29.5 Å². The Morgan fingerprint density at radius 2 is 2.06 bits per heavy atom. The van der Waals surface area contributed by atoms with Crippen molar-refractivity contribution in [1.82, 2.24) is 14.3 Å². The number of hydrazine groups is 1. The highest BCUT2D eigenvalue weighted by Crippen LogP contribution is 2.27. The first-order valence-electron chi connectivity index (χ1n) is 11.0. The number of carbonyl (C=O) groups excluding carboxylic acids is 1. The van der Waals surface area contributed by atoms with E-state index in [1.165, 1.54) is 11.1 Å². The lowest BCUT2D eigenvalue weighted by Crippen LogP contribution is -2.44. The van der Waals surface area contributed by atoms with Crippen molar-refractivity contribution in [3.8, 4) is 0 Å². The van der Waals surface area contributed by atoms with E-state index < -0.39 is 11.7 Å². The number of nitrogens with one attached hydrogen (secondary N) is 1. The number of hydrogen-bond acceptors (Lipinski definition) is 7. The number of benzene rings is 1. The van der Waals surface area contributed by atoms with Gasteiger partial charge in [0.1, 0.15) is 17.3 Å². The maximum absolute atomic E-state index is 14.8. The quantitative estimate of drug-likeness (QED) is 0.186. The zero-order chi connectivity index (χ0) is 24.1. The van der Waals surface area contributed by atoms with E-state index in [0.717, 1.165) is 29.8 Å². The van der Waals surface area contributed by atoms with Crippen molar-refractivity contribution in [3.63, 3.8) is 0 Å². The van der Waals surface area contributed by atoms with Crippen LogP contribution >= 0.6 is 11.9 Å². The van der Waals surface area contributed by atoms with Gasteiger partial charge in [0.15, 0.2) is 5.84 Å². The molecule has 0 unspecified atom stereocenters. The monoisotopic (exact) mass is 473 g/mol. The molecule has 0 spiro atoms. The number of amidine groups is 1. The standard InChI is InChI=1S/C23H32FN7OS/c1-14(2)13-33-30-9-8-16-11-19(24)18(10-17(16)12-30)23(32)28-21-7-5-6-20(27-21)22(29-25)31(26)15(3)4/h5-7,10-11,14-15H,8-9,12-13,25-26H2,1-4H3,(H,27,28,32)/b29-22-. The van der Waals surface area contributed by atoms with Crippen molar-refractivity contribution in [2.75, 3.05) is 17.6 Å². The molecule has 3 rings (SSSR count). The summed E-state index contributed by atoms with van der Waals surface area (Å²) in [6.07, 6.45) is 0.759. The second-order valence-electron chi connectivity index (χ2n) is 8.72. The number of nitrogens with two attached hydrogens (primary N) is 2. The lowest BCUT2D eigenvalue weighted by atomic mass is 9.97. The van der Waals surface area contributed by atoms with Crippen LogP contribution in [0.15, 0.2) is 35.4 Å². The van der Waals surface area contributed by atoms with Crippen LogP contribution in [-0.4, -0.2) is 44.4 Å². The summed E-state index contributed by atoms with van der Waals surface area (Å²) in [7, 11) is 0. The molecule has 0 saturated heterocycles. The van der Waals surface area contributed by atoms with Gasteiger partial charge in [-0.3, -0.25) is 9.80 Å². The zero-order valence-electron chi connectivity index (χ0n) is 19.5. The summed E-state index contributed by atoms with van der Waals surface area (Å²) < 4.78 is 17.1. The van der Waals surface area contributed by atoms with Gasteiger partial charge in [-0.1, -0.05) is 31.9 Å². The van der Waals surface area contributed by atoms with Gasteiger partial charge in [-0.25, -0.2) is 19.5 Å². The van der Waals surface area contributed by atoms with Gasteiger partial charge in [-0.2, -0.15) is 5.10 Å². The molecule has 1 aliphatic rings. The molecule has 0 radical (unpaired) electrons. The Labute approximate surface area is 198 Å². The van der Waals surface area contributed by atoms with Crippen molar-refractivity contribution in [3.05, 3.63) is 58.5 Å². The maximum Gasteiger partial charge on any atom is 0.259 e. The number of amides is 1. The van der Waals surface area contributed by atoms with Gasteiger partial charge >= 0.3 is 0 Å². The molecule has 0 fully saturated rings. The minimum Gasteiger partial charge on any atom is -0.321 e. The Bertz CT molecular complexity index is 1030. The van der Waals surface area contributed by atoms with Crippen molar-refractivity contribution in [2.24, 2.45) is 22.7 Å². The SMILES string of the molecule is CC(C)CSN1CCc2cc(F)c(C(=O)Nc3cccc(/C(=N/N)N(N)C(C)C)n3)cc2C1. The van der Waals surface area contributed by atoms with Gasteiger partial charge in [-0.05, 0) is 61.6 Å². The fourth-order valence-corrected chi connectivity index (χ4v) is 4.37. The summed E-state index contributed by atoms with van der Waals surface area (Å²) in [4.78, 5) is 17.3. The van der Waals surface area contributed by atoms with Crippen LogP contribution in [0.5, 0.6) is 0 Å². The number of fused-ring (bicyclic) bond motifs is 1. The number of hydrogen-bond donors (Lipinski definition) is 3. The van der Waals surface area contributed by atoms with Crippen LogP contribution in [0, 0.1) is 11.7 Å². The van der Waals surface area contributed by atoms with Crippen LogP contribution in [0.2, 0.25) is 0 Å². The first-order valence-corrected chi connectivity index (χ1v) is 11.9. The molecule has 0 aliphatic carbocycles. The van der Waals surface area contributed by atoms with Crippen molar-refractivity contribution in [1.29, 1.82) is 0 Å². The minimum atomic E-state index is -0.563. The van der Waals surface area contributed by atoms with E-state index in [9.17, 15) is 9.18 Å². The predicted octanol–water partition coefficient (Wildman–Crippen LogP) is 3.34. The number of nitrogens with zero attached hydrogens (tertiary/aromatic N) is 4. The summed E-state index contributed by atoms with van der Waals surface area (Å²) >= 11 is 1.79. The number of pyridine rings is 1. The first kappa shape index (κ1) is 24.9. The number of hydrazone groups is 1. The third-order valence-electron chi connectivity index (χ3n) is 5.24. The predicted molar refractivity (Wildman–Crippen MR) is 132 cm³/mol. The van der Waals surface area contributed by atoms with E-state index in [2.05, 4.69) is 33.6 Å². The molecule has 33 heavy (non-hydrogen) atoms. The molecule has 8 nitrogen and oxygen atoms in total. The Morgan fingerprint density at radius 1 is 1.30 bits per heavy atom. The van der Waals surface area contributed by atoms with E-state index in [0.29, 0.717) is 18.2 Å². The van der Waals surface area contributed by atoms with E-state index >= 15 is 0 Å². The fraction of sp³-hybridized carbons (Fsp3) is 0.435. The third-order valence-corrected chi connectivity index (χ3v) is 6.74. The normalized spacial score (nSPS) is 14.5. The molecular formula is C23H32FN7OS. The first-order chi connectivity index (χ1) is 15.7. The molecule has 0 bridgehead atoms. The number of anilines is 1. The Balaban J connectivity index is 1.78. The van der Waals surface area contributed by atoms with Gasteiger partial charge in [0.25, 0.3) is 5.91 Å². The van der Waals surface area contributed by atoms with Crippen LogP contribution in [0.4, 0.5) is 10.2 Å². The average Bonchev–Trinajstić information content (AvgIpc) is 2.77. The van der Waals surface area contributed by atoms with Crippen molar-refractivity contribution < 1.29 is 9.18 Å². The lowest BCUT2D eigenvalue weighted by Gasteiger charge is -2.28. The van der Waals surface area contributed by atoms with Gasteiger partial charge < -0.3 is 11.2 Å². The molecule has 178 valence electrons. The molecule has 0 saturated carbocycles. The third kappa shape index (κ3) is 6.21. The summed E-state index contributed by atoms with van der Waals surface area (Å²) in [5.41, 5.74) is 2.31. The largest absolute Gasteiger partial charge is 0.321 e.